The van der Waals surface area contributed by atoms with Crippen LogP contribution in [0.2, 0.25) is 0 Å². The first-order valence-electron chi connectivity index (χ1n) is 15.6. The molecule has 2 aromatic heterocycles. The van der Waals surface area contributed by atoms with Gasteiger partial charge in [-0.1, -0.05) is 53.7 Å². The van der Waals surface area contributed by atoms with Crippen LogP contribution in [0.5, 0.6) is 5.75 Å². The van der Waals surface area contributed by atoms with Gasteiger partial charge in [0, 0.05) is 30.0 Å². The molecule has 0 bridgehead atoms. The summed E-state index contributed by atoms with van der Waals surface area (Å²) < 4.78 is 0. The van der Waals surface area contributed by atoms with Crippen molar-refractivity contribution >= 4 is 5.69 Å². The Balaban J connectivity index is -0.000000468. The van der Waals surface area contributed by atoms with Gasteiger partial charge in [-0.3, -0.25) is 9.97 Å². The van der Waals surface area contributed by atoms with Crippen LogP contribution in [-0.4, -0.2) is 15.1 Å². The predicted molar refractivity (Wildman–Crippen MR) is 194 cm³/mol. The van der Waals surface area contributed by atoms with Crippen molar-refractivity contribution in [3.63, 3.8) is 0 Å². The van der Waals surface area contributed by atoms with Gasteiger partial charge in [0.2, 0.25) is 0 Å². The Hall–Kier alpha value is -3.66. The normalized spacial score (nSPS) is 8.77. The fourth-order valence-corrected chi connectivity index (χ4v) is 3.32. The van der Waals surface area contributed by atoms with Crippen molar-refractivity contribution < 1.29 is 5.11 Å². The lowest BCUT2D eigenvalue weighted by molar-refractivity contribution is 0.474. The molecule has 0 fully saturated rings. The van der Waals surface area contributed by atoms with E-state index in [-0.39, 0.29) is 0 Å². The van der Waals surface area contributed by atoms with Crippen LogP contribution >= 0.6 is 0 Å². The second kappa shape index (κ2) is 24.9. The molecule has 2 heterocycles. The molecule has 4 rings (SSSR count). The number of nitrogen functional groups attached to an aromatic ring is 1. The van der Waals surface area contributed by atoms with Crippen molar-refractivity contribution in [3.8, 4) is 5.75 Å². The first-order chi connectivity index (χ1) is 20.3. The Kier molecular flexibility index (Phi) is 25.4. The quantitative estimate of drug-likeness (QED) is 0.200. The number of rotatable bonds is 0. The van der Waals surface area contributed by atoms with Crippen LogP contribution in [0.4, 0.5) is 5.69 Å². The van der Waals surface area contributed by atoms with Crippen LogP contribution in [0.1, 0.15) is 103 Å². The molecule has 0 aliphatic heterocycles. The molecule has 0 saturated carbocycles. The van der Waals surface area contributed by atoms with Gasteiger partial charge in [0.25, 0.3) is 0 Å². The van der Waals surface area contributed by atoms with E-state index in [1.807, 2.05) is 106 Å². The van der Waals surface area contributed by atoms with Crippen molar-refractivity contribution in [2.45, 2.75) is 118 Å². The van der Waals surface area contributed by atoms with E-state index < -0.39 is 0 Å². The summed E-state index contributed by atoms with van der Waals surface area (Å²) in [5.74, 6) is 0.362. The summed E-state index contributed by atoms with van der Waals surface area (Å²) in [6.45, 7) is 34.7. The molecule has 0 saturated heterocycles. The number of phenols is 1. The molecule has 0 aliphatic rings. The fraction of sp³-hybridized carbons (Fsp3) is 0.436. The number of benzene rings is 2. The standard InChI is InChI=1S/C9H12O.3C8H11N.3C2H6/c1-6-4-9(10)5-7(2)8(6)3;1-6-4-9-5-7(2)8(6)3;1-6-4-5-9-8(3)7(6)2;1-6-4-3-5-8(9)7(6)2;3*1-2/h4-5,10H,1-3H3;2*4-5H,1-3H3;3-5H,9H2,1-2H3;3*1-2H3. The summed E-state index contributed by atoms with van der Waals surface area (Å²) in [6, 6.07) is 11.5. The largest absolute Gasteiger partial charge is 0.508 e. The van der Waals surface area contributed by atoms with Gasteiger partial charge in [-0.05, 0) is 156 Å². The highest BCUT2D eigenvalue weighted by Gasteiger charge is 1.98. The van der Waals surface area contributed by atoms with Gasteiger partial charge in [0.15, 0.2) is 0 Å². The Morgan fingerprint density at radius 3 is 1.28 bits per heavy atom. The van der Waals surface area contributed by atoms with Crippen molar-refractivity contribution in [1.82, 2.24) is 9.97 Å². The molecule has 0 spiro atoms. The fourth-order valence-electron chi connectivity index (χ4n) is 3.32. The third kappa shape index (κ3) is 17.1. The van der Waals surface area contributed by atoms with Crippen molar-refractivity contribution in [2.24, 2.45) is 0 Å². The predicted octanol–water partition coefficient (Wildman–Crippen LogP) is 11.3. The smallest absolute Gasteiger partial charge is 0.116 e. The summed E-state index contributed by atoms with van der Waals surface area (Å²) in [6.07, 6.45) is 5.63. The maximum atomic E-state index is 9.12. The Bertz CT molecular complexity index is 1110. The monoisotopic (exact) mass is 589 g/mol. The van der Waals surface area contributed by atoms with Gasteiger partial charge in [-0.2, -0.15) is 0 Å². The van der Waals surface area contributed by atoms with E-state index in [0.717, 1.165) is 22.5 Å². The van der Waals surface area contributed by atoms with Crippen LogP contribution in [0.25, 0.3) is 0 Å². The van der Waals surface area contributed by atoms with Gasteiger partial charge in [0.1, 0.15) is 5.75 Å². The number of hydrogen-bond acceptors (Lipinski definition) is 4. The zero-order chi connectivity index (χ0) is 34.3. The van der Waals surface area contributed by atoms with E-state index in [1.54, 1.807) is 12.1 Å². The van der Waals surface area contributed by atoms with Crippen LogP contribution in [0, 0.1) is 76.2 Å². The first kappa shape index (κ1) is 43.8. The first-order valence-corrected chi connectivity index (χ1v) is 15.6. The highest BCUT2D eigenvalue weighted by Crippen LogP contribution is 2.19. The molecule has 0 unspecified atom stereocenters. The number of aryl methyl sites for hydroxylation is 7. The lowest BCUT2D eigenvalue weighted by Gasteiger charge is -2.03. The number of aromatic nitrogens is 2. The summed E-state index contributed by atoms with van der Waals surface area (Å²) in [4.78, 5) is 8.18. The molecule has 4 heteroatoms. The highest BCUT2D eigenvalue weighted by atomic mass is 16.3. The van der Waals surface area contributed by atoms with Crippen molar-refractivity contribution in [1.29, 1.82) is 0 Å². The molecule has 2 aromatic carbocycles. The SMILES string of the molecule is CC.CC.CC.Cc1cc(O)cc(C)c1C.Cc1cccc(N)c1C.Cc1ccnc(C)c1C.Cc1cncc(C)c1C. The number of pyridine rings is 2. The molecule has 4 aromatic rings. The maximum absolute atomic E-state index is 9.12. The summed E-state index contributed by atoms with van der Waals surface area (Å²) >= 11 is 0. The summed E-state index contributed by atoms with van der Waals surface area (Å²) in [5.41, 5.74) is 20.2. The average molecular weight is 590 g/mol. The lowest BCUT2D eigenvalue weighted by atomic mass is 10.0. The molecule has 0 amide bonds. The maximum Gasteiger partial charge on any atom is 0.116 e. The van der Waals surface area contributed by atoms with Gasteiger partial charge >= 0.3 is 0 Å². The van der Waals surface area contributed by atoms with E-state index in [9.17, 15) is 0 Å². The zero-order valence-corrected chi connectivity index (χ0v) is 30.6. The van der Waals surface area contributed by atoms with Crippen LogP contribution in [0.15, 0.2) is 55.0 Å². The Morgan fingerprint density at radius 2 is 0.930 bits per heavy atom. The van der Waals surface area contributed by atoms with Gasteiger partial charge in [-0.15, -0.1) is 0 Å². The molecule has 240 valence electrons. The molecule has 43 heavy (non-hydrogen) atoms. The third-order valence-corrected chi connectivity index (χ3v) is 7.00. The average Bonchev–Trinajstić information content (AvgIpc) is 3.00. The van der Waals surface area contributed by atoms with Crippen LogP contribution in [-0.2, 0) is 0 Å². The van der Waals surface area contributed by atoms with E-state index in [0.29, 0.717) is 5.75 Å². The van der Waals surface area contributed by atoms with E-state index in [1.165, 1.54) is 44.5 Å². The van der Waals surface area contributed by atoms with Gasteiger partial charge < -0.3 is 10.8 Å². The molecule has 0 atom stereocenters. The minimum atomic E-state index is 0.362. The molecule has 3 N–H and O–H groups in total. The number of phenolic OH excluding ortho intramolecular Hbond substituents is 1. The second-order valence-electron chi connectivity index (χ2n) is 9.73. The van der Waals surface area contributed by atoms with Gasteiger partial charge in [0.05, 0.1) is 0 Å². The van der Waals surface area contributed by atoms with Gasteiger partial charge in [-0.25, -0.2) is 0 Å². The molecule has 0 aliphatic carbocycles. The topological polar surface area (TPSA) is 72.0 Å². The second-order valence-corrected chi connectivity index (χ2v) is 9.73. The van der Waals surface area contributed by atoms with E-state index in [2.05, 4.69) is 64.5 Å². The number of nitrogens with two attached hydrogens (primary N) is 1. The van der Waals surface area contributed by atoms with Crippen molar-refractivity contribution in [3.05, 3.63) is 116 Å². The Morgan fingerprint density at radius 1 is 0.512 bits per heavy atom. The molecular weight excluding hydrogens is 526 g/mol. The highest BCUT2D eigenvalue weighted by molar-refractivity contribution is 5.49. The van der Waals surface area contributed by atoms with E-state index in [4.69, 9.17) is 10.8 Å². The molecule has 4 nitrogen and oxygen atoms in total. The minimum Gasteiger partial charge on any atom is -0.508 e. The van der Waals surface area contributed by atoms with Crippen LogP contribution in [0.3, 0.4) is 0 Å². The summed E-state index contributed by atoms with van der Waals surface area (Å²) in [5, 5.41) is 9.12. The third-order valence-electron chi connectivity index (χ3n) is 7.00. The minimum absolute atomic E-state index is 0.362. The Labute approximate surface area is 265 Å². The van der Waals surface area contributed by atoms with Crippen LogP contribution < -0.4 is 5.73 Å². The summed E-state index contributed by atoms with van der Waals surface area (Å²) in [7, 11) is 0. The number of aromatic hydroxyl groups is 1. The number of nitrogens with zero attached hydrogens (tertiary/aromatic N) is 2. The van der Waals surface area contributed by atoms with E-state index >= 15 is 0 Å². The number of anilines is 1. The number of hydrogen-bond donors (Lipinski definition) is 2. The van der Waals surface area contributed by atoms with Crippen molar-refractivity contribution in [2.75, 3.05) is 5.73 Å². The molecule has 0 radical (unpaired) electrons. The lowest BCUT2D eigenvalue weighted by Crippen LogP contribution is -1.90. The zero-order valence-electron chi connectivity index (χ0n) is 30.6. The molecular formula is C39H63N3O.